The first-order valence-electron chi connectivity index (χ1n) is 10.3. The number of hydrogen-bond donors (Lipinski definition) is 2. The van der Waals surface area contributed by atoms with Gasteiger partial charge in [-0.15, -0.1) is 34.9 Å². The van der Waals surface area contributed by atoms with Gasteiger partial charge in [-0.1, -0.05) is 15.9 Å². The second kappa shape index (κ2) is 14.8. The number of thioether (sulfide) groups is 2. The van der Waals surface area contributed by atoms with Gasteiger partial charge in [0.15, 0.2) is 10.9 Å². The third kappa shape index (κ3) is 8.76. The van der Waals surface area contributed by atoms with Gasteiger partial charge < -0.3 is 10.8 Å². The Labute approximate surface area is 218 Å². The Bertz CT molecular complexity index is 1020. The summed E-state index contributed by atoms with van der Waals surface area (Å²) in [5, 5.41) is 10.6. The number of aryl methyl sites for hydroxylation is 4. The van der Waals surface area contributed by atoms with E-state index in [9.17, 15) is 4.79 Å². The first kappa shape index (κ1) is 29.7. The Kier molecular flexibility index (Phi) is 13.4. The lowest BCUT2D eigenvalue weighted by Gasteiger charge is -2.09. The zero-order chi connectivity index (χ0) is 25.1. The van der Waals surface area contributed by atoms with Crippen LogP contribution in [-0.4, -0.2) is 40.3 Å². The molecule has 0 radical (unpaired) electrons. The Morgan fingerprint density at radius 3 is 1.76 bits per heavy atom. The van der Waals surface area contributed by atoms with Crippen LogP contribution in [0.5, 0.6) is 0 Å². The average molecular weight is 570 g/mol. The molecule has 0 aliphatic heterocycles. The van der Waals surface area contributed by atoms with Gasteiger partial charge in [-0.25, -0.2) is 4.98 Å². The zero-order valence-corrected chi connectivity index (χ0v) is 24.3. The van der Waals surface area contributed by atoms with E-state index in [1.165, 1.54) is 37.8 Å². The van der Waals surface area contributed by atoms with Gasteiger partial charge in [-0.2, -0.15) is 0 Å². The number of carbonyl (C=O) groups excluding carboxylic acids is 1. The van der Waals surface area contributed by atoms with Crippen molar-refractivity contribution < 1.29 is 9.90 Å². The Hall–Kier alpha value is -1.32. The molecule has 8 heteroatoms. The molecule has 33 heavy (non-hydrogen) atoms. The molecular weight excluding hydrogens is 536 g/mol. The third-order valence-corrected chi connectivity index (χ3v) is 7.26. The van der Waals surface area contributed by atoms with Crippen LogP contribution in [0.3, 0.4) is 0 Å². The number of rotatable bonds is 5. The van der Waals surface area contributed by atoms with Crippen molar-refractivity contribution in [3.05, 3.63) is 57.5 Å². The van der Waals surface area contributed by atoms with Crippen molar-refractivity contribution >= 4 is 61.7 Å². The monoisotopic (exact) mass is 568 g/mol. The van der Waals surface area contributed by atoms with Gasteiger partial charge in [0.1, 0.15) is 0 Å². The SMILES string of the molecule is CCO.CSc1cc(C)c(-c2csc(N)n2)c(C)c1.CSc1cc(C)c(C(=O)CBr)c(C)c1. The number of thiazole rings is 1. The minimum atomic E-state index is 0.160. The van der Waals surface area contributed by atoms with Crippen molar-refractivity contribution in [3.63, 3.8) is 0 Å². The summed E-state index contributed by atoms with van der Waals surface area (Å²) in [7, 11) is 0. The van der Waals surface area contributed by atoms with Crippen molar-refractivity contribution in [2.24, 2.45) is 0 Å². The molecule has 0 spiro atoms. The number of nitrogens with two attached hydrogens (primary N) is 1. The molecule has 0 bridgehead atoms. The zero-order valence-electron chi connectivity index (χ0n) is 20.3. The van der Waals surface area contributed by atoms with E-state index in [0.717, 1.165) is 22.4 Å². The molecule has 0 aliphatic carbocycles. The smallest absolute Gasteiger partial charge is 0.180 e. The van der Waals surface area contributed by atoms with E-state index in [4.69, 9.17) is 10.8 Å². The molecule has 2 aromatic carbocycles. The Morgan fingerprint density at radius 2 is 1.42 bits per heavy atom. The minimum absolute atomic E-state index is 0.160. The normalized spacial score (nSPS) is 10.1. The average Bonchev–Trinajstić information content (AvgIpc) is 3.19. The number of Topliss-reactive ketones (excluding diaryl/α,β-unsaturated/α-hetero) is 1. The minimum Gasteiger partial charge on any atom is -0.397 e. The number of alkyl halides is 1. The topological polar surface area (TPSA) is 76.2 Å². The summed E-state index contributed by atoms with van der Waals surface area (Å²) < 4.78 is 0. The fourth-order valence-corrected chi connectivity index (χ4v) is 5.41. The molecule has 0 saturated heterocycles. The van der Waals surface area contributed by atoms with Gasteiger partial charge in [0.05, 0.1) is 11.0 Å². The van der Waals surface area contributed by atoms with Crippen molar-refractivity contribution in [2.45, 2.75) is 44.4 Å². The molecule has 3 N–H and O–H groups in total. The molecule has 0 fully saturated rings. The van der Waals surface area contributed by atoms with Crippen LogP contribution in [0.1, 0.15) is 39.5 Å². The number of aromatic nitrogens is 1. The highest BCUT2D eigenvalue weighted by Crippen LogP contribution is 2.32. The van der Waals surface area contributed by atoms with E-state index in [1.54, 1.807) is 30.4 Å². The number of hydrogen-bond acceptors (Lipinski definition) is 7. The first-order chi connectivity index (χ1) is 15.6. The van der Waals surface area contributed by atoms with Gasteiger partial charge >= 0.3 is 0 Å². The van der Waals surface area contributed by atoms with Crippen molar-refractivity contribution in [3.8, 4) is 11.3 Å². The van der Waals surface area contributed by atoms with Crippen LogP contribution in [0.2, 0.25) is 0 Å². The van der Waals surface area contributed by atoms with E-state index >= 15 is 0 Å². The lowest BCUT2D eigenvalue weighted by Crippen LogP contribution is -2.05. The standard InChI is InChI=1S/C12H14N2S2.C11H13BrOS.C2H6O/c1-7-4-9(15-3)5-8(2)11(7)10-6-16-12(13)14-10;1-7-4-9(14-3)5-8(2)11(7)10(13)6-12;1-2-3/h4-6H,1-3H3,(H2,13,14);4-5H,6H2,1-3H3;3H,2H2,1H3. The maximum atomic E-state index is 11.6. The summed E-state index contributed by atoms with van der Waals surface area (Å²) in [6.45, 7) is 10.2. The van der Waals surface area contributed by atoms with Crippen LogP contribution in [0.15, 0.2) is 39.4 Å². The number of ketones is 1. The van der Waals surface area contributed by atoms with Crippen molar-refractivity contribution in [1.29, 1.82) is 0 Å². The highest BCUT2D eigenvalue weighted by Gasteiger charge is 2.12. The van der Waals surface area contributed by atoms with Crippen LogP contribution in [0.4, 0.5) is 5.13 Å². The quantitative estimate of drug-likeness (QED) is 0.190. The van der Waals surface area contributed by atoms with Crippen LogP contribution in [-0.2, 0) is 0 Å². The molecule has 0 atom stereocenters. The largest absolute Gasteiger partial charge is 0.397 e. The van der Waals surface area contributed by atoms with Crippen molar-refractivity contribution in [2.75, 3.05) is 30.2 Å². The number of anilines is 1. The van der Waals surface area contributed by atoms with E-state index in [0.29, 0.717) is 10.5 Å². The van der Waals surface area contributed by atoms with Crippen LogP contribution in [0.25, 0.3) is 11.3 Å². The fraction of sp³-hybridized carbons (Fsp3) is 0.360. The molecule has 3 rings (SSSR count). The van der Waals surface area contributed by atoms with Gasteiger partial charge in [-0.05, 0) is 93.6 Å². The Balaban J connectivity index is 0.000000298. The highest BCUT2D eigenvalue weighted by molar-refractivity contribution is 9.09. The van der Waals surface area contributed by atoms with Gasteiger partial charge in [0.25, 0.3) is 0 Å². The first-order valence-corrected chi connectivity index (χ1v) is 14.8. The lowest BCUT2D eigenvalue weighted by atomic mass is 10.00. The molecule has 180 valence electrons. The number of halogens is 1. The molecule has 1 heterocycles. The van der Waals surface area contributed by atoms with E-state index in [2.05, 4.69) is 65.3 Å². The molecule has 1 aromatic heterocycles. The number of nitrogen functional groups attached to an aromatic ring is 1. The van der Waals surface area contributed by atoms with Gasteiger partial charge in [0.2, 0.25) is 0 Å². The van der Waals surface area contributed by atoms with Crippen LogP contribution < -0.4 is 5.73 Å². The second-order valence-corrected chi connectivity index (χ2v) is 10.4. The highest BCUT2D eigenvalue weighted by atomic mass is 79.9. The second-order valence-electron chi connectivity index (χ2n) is 7.22. The maximum absolute atomic E-state index is 11.6. The predicted octanol–water partition coefficient (Wildman–Crippen LogP) is 7.33. The molecule has 0 saturated carbocycles. The number of benzene rings is 2. The number of aliphatic hydroxyl groups excluding tert-OH is 1. The molecule has 4 nitrogen and oxygen atoms in total. The van der Waals surface area contributed by atoms with Gasteiger partial charge in [-0.3, -0.25) is 4.79 Å². The van der Waals surface area contributed by atoms with Crippen LogP contribution >= 0.6 is 50.8 Å². The van der Waals surface area contributed by atoms with Crippen molar-refractivity contribution in [1.82, 2.24) is 4.98 Å². The summed E-state index contributed by atoms with van der Waals surface area (Å²) in [5.41, 5.74) is 13.4. The summed E-state index contributed by atoms with van der Waals surface area (Å²) in [5.74, 6) is 0.160. The maximum Gasteiger partial charge on any atom is 0.180 e. The third-order valence-electron chi connectivity index (χ3n) is 4.66. The van der Waals surface area contributed by atoms with Gasteiger partial charge in [0, 0.05) is 32.9 Å². The number of nitrogens with zero attached hydrogens (tertiary/aromatic N) is 1. The van der Waals surface area contributed by atoms with Crippen LogP contribution in [0, 0.1) is 27.7 Å². The predicted molar refractivity (Wildman–Crippen MR) is 152 cm³/mol. The summed E-state index contributed by atoms with van der Waals surface area (Å²) >= 11 is 8.15. The molecule has 0 unspecified atom stereocenters. The van der Waals surface area contributed by atoms with E-state index < -0.39 is 0 Å². The van der Waals surface area contributed by atoms with E-state index in [1.807, 2.05) is 25.5 Å². The molecular formula is C25H33BrN2O2S3. The number of aliphatic hydroxyl groups is 1. The summed E-state index contributed by atoms with van der Waals surface area (Å²) in [4.78, 5) is 18.5. The summed E-state index contributed by atoms with van der Waals surface area (Å²) in [6, 6.07) is 8.52. The number of carbonyl (C=O) groups is 1. The van der Waals surface area contributed by atoms with E-state index in [-0.39, 0.29) is 12.4 Å². The lowest BCUT2D eigenvalue weighted by molar-refractivity contribution is 0.102. The molecule has 0 amide bonds. The fourth-order valence-electron chi connectivity index (χ4n) is 3.40. The molecule has 3 aromatic rings. The molecule has 0 aliphatic rings. The Morgan fingerprint density at radius 1 is 1.00 bits per heavy atom. The summed E-state index contributed by atoms with van der Waals surface area (Å²) in [6.07, 6.45) is 4.13.